The minimum atomic E-state index is -0.608. The molecular weight excluding hydrogens is 334 g/mol. The first-order valence-electron chi connectivity index (χ1n) is 9.09. The summed E-state index contributed by atoms with van der Waals surface area (Å²) in [7, 11) is 0. The zero-order chi connectivity index (χ0) is 18.5. The second-order valence-corrected chi connectivity index (χ2v) is 6.79. The van der Waals surface area contributed by atoms with Crippen LogP contribution < -0.4 is 4.74 Å². The van der Waals surface area contributed by atoms with Gasteiger partial charge in [0.05, 0.1) is 18.2 Å². The van der Waals surface area contributed by atoms with E-state index in [1.54, 1.807) is 29.2 Å². The molecule has 2 aliphatic heterocycles. The molecule has 3 rings (SSSR count). The Labute approximate surface area is 153 Å². The summed E-state index contributed by atoms with van der Waals surface area (Å²) in [4.78, 5) is 16.0. The van der Waals surface area contributed by atoms with Gasteiger partial charge in [-0.25, -0.2) is 4.79 Å². The average Bonchev–Trinajstić information content (AvgIpc) is 2.88. The van der Waals surface area contributed by atoms with Crippen molar-refractivity contribution in [2.24, 2.45) is 0 Å². The van der Waals surface area contributed by atoms with Gasteiger partial charge in [-0.1, -0.05) is 0 Å². The third-order valence-electron chi connectivity index (χ3n) is 5.01. The number of amides is 1. The fourth-order valence-electron chi connectivity index (χ4n) is 3.77. The largest absolute Gasteiger partial charge is 0.491 e. The van der Waals surface area contributed by atoms with E-state index in [0.717, 1.165) is 12.8 Å². The Kier molecular flexibility index (Phi) is 5.96. The number of likely N-dealkylation sites (tertiary alicyclic amines) is 1. The number of hydrogen-bond donors (Lipinski definition) is 1. The maximum absolute atomic E-state index is 11.9. The highest BCUT2D eigenvalue weighted by Gasteiger charge is 2.42. The van der Waals surface area contributed by atoms with Gasteiger partial charge in [-0.3, -0.25) is 4.90 Å². The molecule has 0 saturated carbocycles. The van der Waals surface area contributed by atoms with Gasteiger partial charge in [0.1, 0.15) is 18.5 Å². The zero-order valence-corrected chi connectivity index (χ0v) is 15.0. The lowest BCUT2D eigenvalue weighted by Gasteiger charge is -2.41. The van der Waals surface area contributed by atoms with Crippen LogP contribution in [-0.2, 0) is 4.74 Å². The summed E-state index contributed by atoms with van der Waals surface area (Å²) in [6.45, 7) is 4.23. The lowest BCUT2D eigenvalue weighted by Crippen LogP contribution is -2.57. The second kappa shape index (κ2) is 8.39. The molecule has 2 saturated heterocycles. The number of ether oxygens (including phenoxy) is 2. The highest BCUT2D eigenvalue weighted by molar-refractivity contribution is 5.68. The SMILES string of the molecule is CCOC(=O)N1CC2CCC(C1)N2CC(O)COc1ccc(C#N)cc1. The third kappa shape index (κ3) is 4.26. The summed E-state index contributed by atoms with van der Waals surface area (Å²) in [6.07, 6.45) is 1.21. The lowest BCUT2D eigenvalue weighted by atomic mass is 10.1. The number of piperazine rings is 1. The van der Waals surface area contributed by atoms with Crippen molar-refractivity contribution < 1.29 is 19.4 Å². The lowest BCUT2D eigenvalue weighted by molar-refractivity contribution is 0.00915. The third-order valence-corrected chi connectivity index (χ3v) is 5.01. The molecule has 2 heterocycles. The summed E-state index contributed by atoms with van der Waals surface area (Å²) in [5, 5.41) is 19.2. The van der Waals surface area contributed by atoms with Gasteiger partial charge >= 0.3 is 6.09 Å². The number of aliphatic hydroxyl groups is 1. The molecule has 0 aliphatic carbocycles. The standard InChI is InChI=1S/C19H25N3O4/c1-2-25-19(24)21-10-15-5-6-16(11-21)22(15)12-17(23)13-26-18-7-3-14(9-20)4-8-18/h3-4,7-8,15-17,23H,2,5-6,10-13H2,1H3. The number of carbonyl (C=O) groups is 1. The topological polar surface area (TPSA) is 86.0 Å². The smallest absolute Gasteiger partial charge is 0.409 e. The highest BCUT2D eigenvalue weighted by Crippen LogP contribution is 2.30. The van der Waals surface area contributed by atoms with Crippen LogP contribution in [0.4, 0.5) is 4.79 Å². The Bertz CT molecular complexity index is 644. The van der Waals surface area contributed by atoms with Gasteiger partial charge in [-0.05, 0) is 44.0 Å². The number of nitrogens with zero attached hydrogens (tertiary/aromatic N) is 3. The van der Waals surface area contributed by atoms with E-state index in [4.69, 9.17) is 14.7 Å². The average molecular weight is 359 g/mol. The van der Waals surface area contributed by atoms with Crippen LogP contribution in [0.3, 0.4) is 0 Å². The first-order valence-corrected chi connectivity index (χ1v) is 9.09. The molecule has 1 aromatic carbocycles. The number of aliphatic hydroxyl groups excluding tert-OH is 1. The molecule has 7 nitrogen and oxygen atoms in total. The van der Waals surface area contributed by atoms with Gasteiger partial charge in [0, 0.05) is 31.7 Å². The molecule has 1 N–H and O–H groups in total. The maximum atomic E-state index is 11.9. The van der Waals surface area contributed by atoms with Gasteiger partial charge in [0.2, 0.25) is 0 Å². The van der Waals surface area contributed by atoms with Crippen LogP contribution in [0.5, 0.6) is 5.75 Å². The number of benzene rings is 1. The number of hydrogen-bond acceptors (Lipinski definition) is 6. The van der Waals surface area contributed by atoms with Crippen molar-refractivity contribution in [1.82, 2.24) is 9.80 Å². The molecule has 3 unspecified atom stereocenters. The Morgan fingerprint density at radius 3 is 2.54 bits per heavy atom. The van der Waals surface area contributed by atoms with E-state index in [2.05, 4.69) is 11.0 Å². The van der Waals surface area contributed by atoms with Crippen molar-refractivity contribution in [2.75, 3.05) is 32.8 Å². The molecule has 26 heavy (non-hydrogen) atoms. The fourth-order valence-corrected chi connectivity index (χ4v) is 3.77. The Morgan fingerprint density at radius 2 is 1.96 bits per heavy atom. The van der Waals surface area contributed by atoms with Crippen LogP contribution >= 0.6 is 0 Å². The molecule has 0 aromatic heterocycles. The second-order valence-electron chi connectivity index (χ2n) is 6.79. The predicted octanol–water partition coefficient (Wildman–Crippen LogP) is 1.60. The van der Waals surface area contributed by atoms with Crippen molar-refractivity contribution in [3.8, 4) is 11.8 Å². The monoisotopic (exact) mass is 359 g/mol. The van der Waals surface area contributed by atoms with E-state index < -0.39 is 6.10 Å². The van der Waals surface area contributed by atoms with Gasteiger partial charge in [0.15, 0.2) is 0 Å². The summed E-state index contributed by atoms with van der Waals surface area (Å²) in [5.74, 6) is 0.637. The molecule has 2 bridgehead atoms. The van der Waals surface area contributed by atoms with Crippen LogP contribution in [0.15, 0.2) is 24.3 Å². The molecule has 1 aromatic rings. The Hall–Kier alpha value is -2.30. The molecule has 1 amide bonds. The molecule has 2 fully saturated rings. The first kappa shape index (κ1) is 18.5. The zero-order valence-electron chi connectivity index (χ0n) is 15.0. The van der Waals surface area contributed by atoms with E-state index in [0.29, 0.717) is 37.6 Å². The van der Waals surface area contributed by atoms with Gasteiger partial charge < -0.3 is 19.5 Å². The Balaban J connectivity index is 1.48. The van der Waals surface area contributed by atoms with E-state index in [1.165, 1.54) is 0 Å². The summed E-state index contributed by atoms with van der Waals surface area (Å²) in [6, 6.07) is 9.43. The summed E-state index contributed by atoms with van der Waals surface area (Å²) in [5.41, 5.74) is 0.578. The summed E-state index contributed by atoms with van der Waals surface area (Å²) >= 11 is 0. The fraction of sp³-hybridized carbons (Fsp3) is 0.579. The number of fused-ring (bicyclic) bond motifs is 2. The first-order chi connectivity index (χ1) is 12.6. The number of rotatable bonds is 6. The van der Waals surface area contributed by atoms with E-state index in [-0.39, 0.29) is 24.8 Å². The van der Waals surface area contributed by atoms with Gasteiger partial charge in [-0.2, -0.15) is 5.26 Å². The van der Waals surface area contributed by atoms with Crippen molar-refractivity contribution in [3.63, 3.8) is 0 Å². The van der Waals surface area contributed by atoms with Crippen LogP contribution in [0.25, 0.3) is 0 Å². The van der Waals surface area contributed by atoms with Gasteiger partial charge in [0.25, 0.3) is 0 Å². The maximum Gasteiger partial charge on any atom is 0.409 e. The molecular formula is C19H25N3O4. The van der Waals surface area contributed by atoms with E-state index >= 15 is 0 Å². The molecule has 2 aliphatic rings. The minimum absolute atomic E-state index is 0.198. The van der Waals surface area contributed by atoms with Crippen molar-refractivity contribution >= 4 is 6.09 Å². The minimum Gasteiger partial charge on any atom is -0.491 e. The predicted molar refractivity (Wildman–Crippen MR) is 94.8 cm³/mol. The van der Waals surface area contributed by atoms with Crippen LogP contribution in [0.1, 0.15) is 25.3 Å². The van der Waals surface area contributed by atoms with Crippen molar-refractivity contribution in [3.05, 3.63) is 29.8 Å². The molecule has 0 spiro atoms. The number of nitriles is 1. The normalized spacial score (nSPS) is 23.3. The van der Waals surface area contributed by atoms with Crippen molar-refractivity contribution in [2.45, 2.75) is 38.0 Å². The van der Waals surface area contributed by atoms with E-state index in [9.17, 15) is 9.90 Å². The quantitative estimate of drug-likeness (QED) is 0.830. The molecule has 3 atom stereocenters. The number of carbonyl (C=O) groups excluding carboxylic acids is 1. The van der Waals surface area contributed by atoms with Crippen LogP contribution in [0, 0.1) is 11.3 Å². The van der Waals surface area contributed by atoms with Crippen molar-refractivity contribution in [1.29, 1.82) is 5.26 Å². The van der Waals surface area contributed by atoms with Crippen LogP contribution in [0.2, 0.25) is 0 Å². The molecule has 0 radical (unpaired) electrons. The van der Waals surface area contributed by atoms with Gasteiger partial charge in [-0.15, -0.1) is 0 Å². The molecule has 7 heteroatoms. The Morgan fingerprint density at radius 1 is 1.31 bits per heavy atom. The highest BCUT2D eigenvalue weighted by atomic mass is 16.6. The molecule has 140 valence electrons. The van der Waals surface area contributed by atoms with Crippen LogP contribution in [-0.4, -0.2) is 72.0 Å². The van der Waals surface area contributed by atoms with E-state index in [1.807, 2.05) is 6.92 Å². The summed E-state index contributed by atoms with van der Waals surface area (Å²) < 4.78 is 10.7.